The van der Waals surface area contributed by atoms with Crippen LogP contribution >= 0.6 is 0 Å². The molecule has 71 heavy (non-hydrogen) atoms. The number of unbranched alkanes of at least 4 members (excludes halogenated alkanes) is 32. The molecule has 0 aromatic carbocycles. The lowest BCUT2D eigenvalue weighted by Gasteiger charge is -2.18. The van der Waals surface area contributed by atoms with Crippen molar-refractivity contribution < 1.29 is 28.6 Å². The Bertz CT molecular complexity index is 1320. The standard InChI is InChI=1S/C65H114O6/c1-4-7-10-13-16-19-22-25-28-30-32-34-37-40-43-46-49-52-55-58-64(67)70-61-62(60-69-63(66)57-54-51-48-45-42-39-36-27-24-21-18-15-12-9-6-3)71-65(68)59-56-53-50-47-44-41-38-35-33-31-29-26-23-20-17-14-11-8-5-2/h8,11,17,20,25-26,28-29,33,35,41,44,62H,4-7,9-10,12-16,18-19,21-24,27,30-32,34,36-40,42-43,45-61H2,1-3H3/b11-8-,20-17-,28-25-,29-26-,35-33-,44-41-/t62-/m0/s1. The summed E-state index contributed by atoms with van der Waals surface area (Å²) in [6, 6.07) is 0. The number of rotatable bonds is 55. The van der Waals surface area contributed by atoms with Crippen LogP contribution in [0, 0.1) is 0 Å². The Morgan fingerprint density at radius 3 is 0.887 bits per heavy atom. The quantitative estimate of drug-likeness (QED) is 0.0261. The third kappa shape index (κ3) is 57.6. The molecule has 0 aliphatic carbocycles. The van der Waals surface area contributed by atoms with Crippen molar-refractivity contribution in [2.75, 3.05) is 13.2 Å². The summed E-state index contributed by atoms with van der Waals surface area (Å²) in [6.07, 6.45) is 76.1. The molecular weight excluding hydrogens is 877 g/mol. The number of hydrogen-bond acceptors (Lipinski definition) is 6. The molecule has 0 aliphatic rings. The van der Waals surface area contributed by atoms with Gasteiger partial charge < -0.3 is 14.2 Å². The first kappa shape index (κ1) is 67.8. The van der Waals surface area contributed by atoms with E-state index in [0.717, 1.165) is 96.3 Å². The Morgan fingerprint density at radius 2 is 0.549 bits per heavy atom. The molecule has 0 fully saturated rings. The van der Waals surface area contributed by atoms with E-state index in [1.54, 1.807) is 0 Å². The fourth-order valence-electron chi connectivity index (χ4n) is 8.64. The second-order valence-corrected chi connectivity index (χ2v) is 20.2. The minimum Gasteiger partial charge on any atom is -0.462 e. The van der Waals surface area contributed by atoms with E-state index in [2.05, 4.69) is 93.7 Å². The highest BCUT2D eigenvalue weighted by atomic mass is 16.6. The van der Waals surface area contributed by atoms with Crippen molar-refractivity contribution >= 4 is 17.9 Å². The predicted octanol–water partition coefficient (Wildman–Crippen LogP) is 20.5. The number of carbonyl (C=O) groups excluding carboxylic acids is 3. The average molecular weight is 992 g/mol. The van der Waals surface area contributed by atoms with E-state index in [0.29, 0.717) is 19.3 Å². The molecule has 0 radical (unpaired) electrons. The smallest absolute Gasteiger partial charge is 0.306 e. The van der Waals surface area contributed by atoms with Gasteiger partial charge in [0.25, 0.3) is 0 Å². The number of carbonyl (C=O) groups is 3. The molecule has 0 aromatic rings. The molecule has 0 rings (SSSR count). The minimum atomic E-state index is -0.793. The molecule has 1 atom stereocenters. The van der Waals surface area contributed by atoms with E-state index < -0.39 is 6.10 Å². The topological polar surface area (TPSA) is 78.9 Å². The summed E-state index contributed by atoms with van der Waals surface area (Å²) in [6.45, 7) is 6.53. The molecule has 0 unspecified atom stereocenters. The van der Waals surface area contributed by atoms with Crippen LogP contribution in [0.25, 0.3) is 0 Å². The molecule has 0 heterocycles. The van der Waals surface area contributed by atoms with Gasteiger partial charge in [-0.25, -0.2) is 0 Å². The monoisotopic (exact) mass is 991 g/mol. The third-order valence-electron chi connectivity index (χ3n) is 13.2. The lowest BCUT2D eigenvalue weighted by molar-refractivity contribution is -0.167. The molecule has 0 amide bonds. The van der Waals surface area contributed by atoms with Crippen LogP contribution in [0.2, 0.25) is 0 Å². The van der Waals surface area contributed by atoms with Crippen LogP contribution in [0.15, 0.2) is 72.9 Å². The second kappa shape index (κ2) is 59.4. The largest absolute Gasteiger partial charge is 0.462 e. The van der Waals surface area contributed by atoms with Gasteiger partial charge in [0.15, 0.2) is 6.10 Å². The van der Waals surface area contributed by atoms with Crippen LogP contribution in [0.4, 0.5) is 0 Å². The summed E-state index contributed by atoms with van der Waals surface area (Å²) in [4.78, 5) is 38.2. The Balaban J connectivity index is 4.42. The molecule has 0 aromatic heterocycles. The molecular formula is C65H114O6. The summed E-state index contributed by atoms with van der Waals surface area (Å²) in [5.41, 5.74) is 0. The van der Waals surface area contributed by atoms with E-state index in [1.807, 2.05) is 0 Å². The SMILES string of the molecule is CC/C=C\C/C=C\C/C=C\C/C=C\C/C=C\CCCCCC(=O)O[C@H](COC(=O)CCCCCCCCCCC/C=C\CCCCCCCC)COC(=O)CCCCCCCCCCCCCCCCC. The second-order valence-electron chi connectivity index (χ2n) is 20.2. The summed E-state index contributed by atoms with van der Waals surface area (Å²) < 4.78 is 16.9. The lowest BCUT2D eigenvalue weighted by Crippen LogP contribution is -2.30. The van der Waals surface area contributed by atoms with E-state index in [9.17, 15) is 14.4 Å². The summed E-state index contributed by atoms with van der Waals surface area (Å²) in [5, 5.41) is 0. The Hall–Kier alpha value is -3.15. The van der Waals surface area contributed by atoms with Crippen molar-refractivity contribution in [2.24, 2.45) is 0 Å². The molecule has 0 bridgehead atoms. The fourth-order valence-corrected chi connectivity index (χ4v) is 8.64. The minimum absolute atomic E-state index is 0.0867. The van der Waals surface area contributed by atoms with Crippen LogP contribution in [0.3, 0.4) is 0 Å². The van der Waals surface area contributed by atoms with E-state index >= 15 is 0 Å². The lowest BCUT2D eigenvalue weighted by atomic mass is 10.0. The van der Waals surface area contributed by atoms with Crippen molar-refractivity contribution in [3.63, 3.8) is 0 Å². The van der Waals surface area contributed by atoms with Crippen molar-refractivity contribution in [1.82, 2.24) is 0 Å². The zero-order chi connectivity index (χ0) is 51.4. The van der Waals surface area contributed by atoms with Crippen LogP contribution in [-0.2, 0) is 28.6 Å². The zero-order valence-electron chi connectivity index (χ0n) is 47.0. The van der Waals surface area contributed by atoms with Crippen molar-refractivity contribution in [3.8, 4) is 0 Å². The Kier molecular flexibility index (Phi) is 56.8. The molecule has 410 valence electrons. The highest BCUT2D eigenvalue weighted by Crippen LogP contribution is 2.16. The van der Waals surface area contributed by atoms with Crippen LogP contribution in [0.5, 0.6) is 0 Å². The first-order chi connectivity index (χ1) is 35.0. The van der Waals surface area contributed by atoms with Gasteiger partial charge in [0.05, 0.1) is 0 Å². The predicted molar refractivity (Wildman–Crippen MR) is 307 cm³/mol. The molecule has 0 aliphatic heterocycles. The first-order valence-electron chi connectivity index (χ1n) is 30.4. The van der Waals surface area contributed by atoms with E-state index in [1.165, 1.54) is 167 Å². The normalized spacial score (nSPS) is 12.5. The summed E-state index contributed by atoms with van der Waals surface area (Å²) >= 11 is 0. The van der Waals surface area contributed by atoms with Gasteiger partial charge in [-0.15, -0.1) is 0 Å². The molecule has 6 heteroatoms. The summed E-state index contributed by atoms with van der Waals surface area (Å²) in [7, 11) is 0. The first-order valence-corrected chi connectivity index (χ1v) is 30.4. The van der Waals surface area contributed by atoms with E-state index in [4.69, 9.17) is 14.2 Å². The maximum Gasteiger partial charge on any atom is 0.306 e. The molecule has 6 nitrogen and oxygen atoms in total. The molecule has 0 spiro atoms. The Labute approximate surface area is 440 Å². The number of allylic oxidation sites excluding steroid dienone is 12. The maximum absolute atomic E-state index is 12.9. The van der Waals surface area contributed by atoms with Crippen LogP contribution < -0.4 is 0 Å². The molecule has 0 saturated heterocycles. The van der Waals surface area contributed by atoms with Crippen molar-refractivity contribution in [2.45, 2.75) is 309 Å². The molecule has 0 N–H and O–H groups in total. The highest BCUT2D eigenvalue weighted by Gasteiger charge is 2.19. The van der Waals surface area contributed by atoms with Gasteiger partial charge >= 0.3 is 17.9 Å². The average Bonchev–Trinajstić information content (AvgIpc) is 3.37. The zero-order valence-corrected chi connectivity index (χ0v) is 47.0. The number of ether oxygens (including phenoxy) is 3. The van der Waals surface area contributed by atoms with Gasteiger partial charge in [-0.05, 0) is 89.9 Å². The highest BCUT2D eigenvalue weighted by molar-refractivity contribution is 5.71. The van der Waals surface area contributed by atoms with Gasteiger partial charge in [0.1, 0.15) is 13.2 Å². The maximum atomic E-state index is 12.9. The Morgan fingerprint density at radius 1 is 0.296 bits per heavy atom. The fraction of sp³-hybridized carbons (Fsp3) is 0.769. The van der Waals surface area contributed by atoms with Gasteiger partial charge in [-0.3, -0.25) is 14.4 Å². The van der Waals surface area contributed by atoms with Gasteiger partial charge in [0, 0.05) is 19.3 Å². The van der Waals surface area contributed by atoms with Gasteiger partial charge in [-0.1, -0.05) is 267 Å². The number of esters is 3. The molecule has 0 saturated carbocycles. The van der Waals surface area contributed by atoms with E-state index in [-0.39, 0.29) is 31.1 Å². The van der Waals surface area contributed by atoms with Crippen molar-refractivity contribution in [1.29, 1.82) is 0 Å². The van der Waals surface area contributed by atoms with Crippen LogP contribution in [0.1, 0.15) is 303 Å². The van der Waals surface area contributed by atoms with Gasteiger partial charge in [0.2, 0.25) is 0 Å². The van der Waals surface area contributed by atoms with Crippen LogP contribution in [-0.4, -0.2) is 37.2 Å². The number of hydrogen-bond donors (Lipinski definition) is 0. The summed E-state index contributed by atoms with van der Waals surface area (Å²) in [5.74, 6) is -0.908. The third-order valence-corrected chi connectivity index (χ3v) is 13.2. The van der Waals surface area contributed by atoms with Crippen molar-refractivity contribution in [3.05, 3.63) is 72.9 Å². The van der Waals surface area contributed by atoms with Gasteiger partial charge in [-0.2, -0.15) is 0 Å².